The molecule has 1 aromatic heterocycles. The Morgan fingerprint density at radius 2 is 1.97 bits per heavy atom. The topological polar surface area (TPSA) is 74.7 Å². The molecule has 0 unspecified atom stereocenters. The SMILES string of the molecule is C[C@]1(N2CCC(c3cc4cc(NC(=O)C5CC(F)(F)C5)ncc4cc3Cl)CC2)COC[C@H]1O. The highest BCUT2D eigenvalue weighted by atomic mass is 35.5. The summed E-state index contributed by atoms with van der Waals surface area (Å²) in [4.78, 5) is 18.8. The Kier molecular flexibility index (Phi) is 5.84. The molecular weight excluding hydrogens is 452 g/mol. The number of carbonyl (C=O) groups is 1. The van der Waals surface area contributed by atoms with Gasteiger partial charge in [0.1, 0.15) is 5.82 Å². The molecule has 0 spiro atoms. The Balaban J connectivity index is 1.30. The molecule has 33 heavy (non-hydrogen) atoms. The summed E-state index contributed by atoms with van der Waals surface area (Å²) in [6.45, 7) is 4.67. The van der Waals surface area contributed by atoms with Gasteiger partial charge in [-0.25, -0.2) is 13.8 Å². The lowest BCUT2D eigenvalue weighted by molar-refractivity contribution is -0.145. The van der Waals surface area contributed by atoms with Crippen molar-refractivity contribution in [2.24, 2.45) is 5.92 Å². The van der Waals surface area contributed by atoms with Crippen LogP contribution < -0.4 is 5.32 Å². The van der Waals surface area contributed by atoms with Crippen molar-refractivity contribution < 1.29 is 23.4 Å². The number of carbonyl (C=O) groups excluding carboxylic acids is 1. The monoisotopic (exact) mass is 479 g/mol. The quantitative estimate of drug-likeness (QED) is 0.687. The average molecular weight is 480 g/mol. The first-order valence-corrected chi connectivity index (χ1v) is 11.8. The Labute approximate surface area is 196 Å². The van der Waals surface area contributed by atoms with Crippen molar-refractivity contribution in [2.75, 3.05) is 31.6 Å². The summed E-state index contributed by atoms with van der Waals surface area (Å²) in [5, 5.41) is 15.5. The van der Waals surface area contributed by atoms with Crippen LogP contribution >= 0.6 is 11.6 Å². The molecule has 2 atom stereocenters. The number of fused-ring (bicyclic) bond motifs is 1. The van der Waals surface area contributed by atoms with Crippen molar-refractivity contribution in [3.05, 3.63) is 35.0 Å². The molecular formula is C24H28ClF2N3O3. The fourth-order valence-electron chi connectivity index (χ4n) is 5.30. The summed E-state index contributed by atoms with van der Waals surface area (Å²) in [7, 11) is 0. The molecule has 5 rings (SSSR count). The highest BCUT2D eigenvalue weighted by Crippen LogP contribution is 2.43. The van der Waals surface area contributed by atoms with Gasteiger partial charge in [-0.3, -0.25) is 9.69 Å². The second-order valence-electron chi connectivity index (χ2n) is 9.89. The number of aromatic nitrogens is 1. The van der Waals surface area contributed by atoms with Gasteiger partial charge in [-0.05, 0) is 67.9 Å². The number of nitrogens with zero attached hydrogens (tertiary/aromatic N) is 2. The Bertz CT molecular complexity index is 1070. The first-order valence-electron chi connectivity index (χ1n) is 11.4. The average Bonchev–Trinajstić information content (AvgIpc) is 3.11. The number of amides is 1. The van der Waals surface area contributed by atoms with E-state index in [1.54, 1.807) is 12.3 Å². The van der Waals surface area contributed by atoms with E-state index in [1.165, 1.54) is 0 Å². The van der Waals surface area contributed by atoms with E-state index in [-0.39, 0.29) is 11.5 Å². The van der Waals surface area contributed by atoms with Gasteiger partial charge in [0.2, 0.25) is 11.8 Å². The van der Waals surface area contributed by atoms with Crippen LogP contribution in [0.25, 0.3) is 10.8 Å². The van der Waals surface area contributed by atoms with Gasteiger partial charge >= 0.3 is 0 Å². The van der Waals surface area contributed by atoms with E-state index in [0.29, 0.717) is 24.1 Å². The fraction of sp³-hybridized carbons (Fsp3) is 0.583. The van der Waals surface area contributed by atoms with Gasteiger partial charge in [0.15, 0.2) is 0 Å². The van der Waals surface area contributed by atoms with Gasteiger partial charge in [0.05, 0.1) is 24.9 Å². The summed E-state index contributed by atoms with van der Waals surface area (Å²) in [5.74, 6) is -3.19. The second kappa shape index (κ2) is 8.41. The van der Waals surface area contributed by atoms with Crippen LogP contribution in [0.5, 0.6) is 0 Å². The van der Waals surface area contributed by atoms with Gasteiger partial charge in [-0.15, -0.1) is 0 Å². The number of halogens is 3. The lowest BCUT2D eigenvalue weighted by Gasteiger charge is -2.43. The number of ether oxygens (including phenoxy) is 1. The van der Waals surface area contributed by atoms with Crippen molar-refractivity contribution >= 4 is 34.1 Å². The molecule has 178 valence electrons. The van der Waals surface area contributed by atoms with Crippen LogP contribution in [0.2, 0.25) is 5.02 Å². The van der Waals surface area contributed by atoms with Gasteiger partial charge in [-0.2, -0.15) is 0 Å². The molecule has 6 nitrogen and oxygen atoms in total. The summed E-state index contributed by atoms with van der Waals surface area (Å²) in [6, 6.07) is 5.70. The minimum Gasteiger partial charge on any atom is -0.389 e. The summed E-state index contributed by atoms with van der Waals surface area (Å²) in [6.07, 6.45) is 2.17. The van der Waals surface area contributed by atoms with E-state index in [1.807, 2.05) is 12.1 Å². The summed E-state index contributed by atoms with van der Waals surface area (Å²) in [5.41, 5.74) is 0.709. The number of alkyl halides is 2. The molecule has 3 aliphatic rings. The molecule has 2 saturated heterocycles. The van der Waals surface area contributed by atoms with Gasteiger partial charge in [0.25, 0.3) is 0 Å². The second-order valence-corrected chi connectivity index (χ2v) is 10.3. The minimum atomic E-state index is -2.74. The maximum absolute atomic E-state index is 13.1. The fourth-order valence-corrected chi connectivity index (χ4v) is 5.62. The van der Waals surface area contributed by atoms with Crippen LogP contribution in [-0.2, 0) is 9.53 Å². The number of rotatable bonds is 4. The highest BCUT2D eigenvalue weighted by Gasteiger charge is 2.49. The Morgan fingerprint density at radius 1 is 1.24 bits per heavy atom. The zero-order valence-electron chi connectivity index (χ0n) is 18.5. The van der Waals surface area contributed by atoms with Crippen molar-refractivity contribution in [3.8, 4) is 0 Å². The molecule has 1 aliphatic carbocycles. The third kappa shape index (κ3) is 4.34. The van der Waals surface area contributed by atoms with Crippen LogP contribution in [0, 0.1) is 5.92 Å². The van der Waals surface area contributed by atoms with Crippen LogP contribution in [-0.4, -0.2) is 64.8 Å². The van der Waals surface area contributed by atoms with Gasteiger partial charge in [0, 0.05) is 35.4 Å². The first kappa shape index (κ1) is 22.9. The number of aliphatic hydroxyl groups is 1. The third-order valence-corrected chi connectivity index (χ3v) is 7.92. The number of likely N-dealkylation sites (tertiary alicyclic amines) is 1. The Morgan fingerprint density at radius 3 is 2.61 bits per heavy atom. The van der Waals surface area contributed by atoms with Crippen LogP contribution in [0.1, 0.15) is 44.1 Å². The predicted octanol–water partition coefficient (Wildman–Crippen LogP) is 4.20. The minimum absolute atomic E-state index is 0.282. The van der Waals surface area contributed by atoms with E-state index in [9.17, 15) is 18.7 Å². The standard InChI is InChI=1S/C24H28ClF2N3O3/c1-23(13-33-12-20(23)31)30-4-2-14(3-5-30)18-6-15-8-21(28-11-16(15)7-19(18)25)29-22(32)17-9-24(26,27)10-17/h6-8,11,14,17,20,31H,2-5,9-10,12-13H2,1H3,(H,28,29,32)/t20-,23+/m1/s1. The molecule has 2 aliphatic heterocycles. The molecule has 2 N–H and O–H groups in total. The van der Waals surface area contributed by atoms with Crippen molar-refractivity contribution in [3.63, 3.8) is 0 Å². The molecule has 2 aromatic rings. The zero-order chi connectivity index (χ0) is 23.4. The molecule has 1 amide bonds. The number of benzene rings is 1. The van der Waals surface area contributed by atoms with Gasteiger partial charge in [-0.1, -0.05) is 11.6 Å². The first-order chi connectivity index (χ1) is 15.6. The molecule has 3 heterocycles. The number of hydrogen-bond acceptors (Lipinski definition) is 5. The van der Waals surface area contributed by atoms with Crippen LogP contribution in [0.3, 0.4) is 0 Å². The normalized spacial score (nSPS) is 28.7. The number of nitrogens with one attached hydrogen (secondary N) is 1. The van der Waals surface area contributed by atoms with E-state index in [2.05, 4.69) is 22.1 Å². The molecule has 0 radical (unpaired) electrons. The lowest BCUT2D eigenvalue weighted by Crippen LogP contribution is -2.56. The maximum Gasteiger partial charge on any atom is 0.249 e. The van der Waals surface area contributed by atoms with Crippen molar-refractivity contribution in [1.82, 2.24) is 9.88 Å². The highest BCUT2D eigenvalue weighted by molar-refractivity contribution is 6.32. The number of anilines is 1. The molecule has 1 aromatic carbocycles. The van der Waals surface area contributed by atoms with Crippen LogP contribution in [0.4, 0.5) is 14.6 Å². The Hall–Kier alpha value is -1.87. The number of hydrogen-bond donors (Lipinski definition) is 2. The van der Waals surface area contributed by atoms with E-state index >= 15 is 0 Å². The van der Waals surface area contributed by atoms with Crippen molar-refractivity contribution in [1.29, 1.82) is 0 Å². The lowest BCUT2D eigenvalue weighted by atomic mass is 9.81. The summed E-state index contributed by atoms with van der Waals surface area (Å²) < 4.78 is 31.6. The van der Waals surface area contributed by atoms with Gasteiger partial charge < -0.3 is 15.2 Å². The molecule has 3 fully saturated rings. The van der Waals surface area contributed by atoms with E-state index in [0.717, 1.165) is 42.3 Å². The number of aliphatic hydroxyl groups excluding tert-OH is 1. The summed E-state index contributed by atoms with van der Waals surface area (Å²) >= 11 is 6.63. The number of pyridine rings is 1. The predicted molar refractivity (Wildman–Crippen MR) is 122 cm³/mol. The largest absolute Gasteiger partial charge is 0.389 e. The van der Waals surface area contributed by atoms with Crippen LogP contribution in [0.15, 0.2) is 24.4 Å². The molecule has 1 saturated carbocycles. The van der Waals surface area contributed by atoms with E-state index < -0.39 is 36.7 Å². The molecule has 0 bridgehead atoms. The molecule has 9 heteroatoms. The zero-order valence-corrected chi connectivity index (χ0v) is 19.2. The number of piperidine rings is 1. The maximum atomic E-state index is 13.1. The third-order valence-electron chi connectivity index (χ3n) is 7.59. The van der Waals surface area contributed by atoms with Crippen molar-refractivity contribution in [2.45, 2.75) is 56.1 Å². The smallest absolute Gasteiger partial charge is 0.249 e. The van der Waals surface area contributed by atoms with E-state index in [4.69, 9.17) is 16.3 Å².